The molecule has 4 N–H and O–H groups in total. The molecule has 11 nitrogen and oxygen atoms in total. The molecular weight excluding hydrogens is 424 g/mol. The van der Waals surface area contributed by atoms with E-state index in [-0.39, 0.29) is 28.8 Å². The summed E-state index contributed by atoms with van der Waals surface area (Å²) >= 11 is 2.58. The number of nitrogens with zero attached hydrogens (tertiary/aromatic N) is 2. The maximum Gasteiger partial charge on any atom is 0.512 e. The van der Waals surface area contributed by atoms with Crippen molar-refractivity contribution in [2.75, 3.05) is 13.7 Å². The fourth-order valence-electron chi connectivity index (χ4n) is 3.60. The van der Waals surface area contributed by atoms with E-state index in [0.717, 1.165) is 0 Å². The molecule has 3 rings (SSSR count). The Kier molecular flexibility index (Phi) is 6.31. The van der Waals surface area contributed by atoms with E-state index in [0.29, 0.717) is 17.2 Å². The van der Waals surface area contributed by atoms with Crippen molar-refractivity contribution < 1.29 is 34.2 Å². The number of hydrogen-bond donors (Lipinski definition) is 4. The van der Waals surface area contributed by atoms with Crippen molar-refractivity contribution in [1.29, 1.82) is 5.41 Å². The number of ether oxygens (including phenoxy) is 1. The molecule has 0 saturated carbocycles. The van der Waals surface area contributed by atoms with Gasteiger partial charge in [-0.2, -0.15) is 0 Å². The van der Waals surface area contributed by atoms with Crippen LogP contribution in [0.25, 0.3) is 0 Å². The number of hydroxylamine groups is 1. The van der Waals surface area contributed by atoms with E-state index in [1.807, 2.05) is 0 Å². The minimum Gasteiger partial charge on any atom is -0.449 e. The highest BCUT2D eigenvalue weighted by Gasteiger charge is 2.58. The van der Waals surface area contributed by atoms with Crippen LogP contribution in [-0.4, -0.2) is 80.2 Å². The van der Waals surface area contributed by atoms with Crippen LogP contribution in [0.15, 0.2) is 10.1 Å². The lowest BCUT2D eigenvalue weighted by molar-refractivity contribution is -0.155. The maximum atomic E-state index is 12.3. The standard InChI is InChI=1S/C16H22N4O7S2/c1-6(21)10-12(23)20-13(27-16(24)25)15(29-14(10)20)28-8-4-9(11(22)18-26-3)19(5-8)7(2)17/h6,8-10,14,17,21H,4-5H2,1-3H3,(H,18,22)(H,24,25)/t6-,8?,9?,10+,14-/m1/s1. The van der Waals surface area contributed by atoms with E-state index in [2.05, 4.69) is 10.3 Å². The second-order valence-corrected chi connectivity index (χ2v) is 9.54. The summed E-state index contributed by atoms with van der Waals surface area (Å²) in [7, 11) is 1.33. The van der Waals surface area contributed by atoms with Crippen LogP contribution in [0.2, 0.25) is 0 Å². The number of likely N-dealkylation sites (tertiary alicyclic amines) is 1. The first-order valence-corrected chi connectivity index (χ1v) is 10.6. The third-order valence-corrected chi connectivity index (χ3v) is 7.66. The maximum absolute atomic E-state index is 12.3. The molecule has 29 heavy (non-hydrogen) atoms. The van der Waals surface area contributed by atoms with Crippen molar-refractivity contribution >= 4 is 47.3 Å². The number of β-lactam (4-membered cyclic amide) rings is 1. The Morgan fingerprint density at radius 3 is 2.69 bits per heavy atom. The molecule has 3 aliphatic rings. The molecule has 160 valence electrons. The van der Waals surface area contributed by atoms with Crippen molar-refractivity contribution in [2.45, 2.75) is 43.0 Å². The van der Waals surface area contributed by atoms with Crippen LogP contribution in [0.5, 0.6) is 0 Å². The van der Waals surface area contributed by atoms with Crippen LogP contribution in [0.1, 0.15) is 20.3 Å². The predicted octanol–water partition coefficient (Wildman–Crippen LogP) is 0.571. The molecule has 3 aliphatic heterocycles. The largest absolute Gasteiger partial charge is 0.512 e. The molecule has 0 bridgehead atoms. The number of fused-ring (bicyclic) bond motifs is 1. The SMILES string of the molecule is CONC(=O)C1CC(SC2=C(OC(=O)O)N3C(=O)[C@H]([C@@H](C)O)[C@H]3S2)CN1C(C)=N. The molecule has 0 aliphatic carbocycles. The van der Waals surface area contributed by atoms with Gasteiger partial charge < -0.3 is 19.8 Å². The van der Waals surface area contributed by atoms with E-state index < -0.39 is 29.6 Å². The van der Waals surface area contributed by atoms with Crippen LogP contribution < -0.4 is 5.48 Å². The Labute approximate surface area is 175 Å². The lowest BCUT2D eigenvalue weighted by atomic mass is 9.93. The van der Waals surface area contributed by atoms with E-state index >= 15 is 0 Å². The quantitative estimate of drug-likeness (QED) is 0.150. The number of amides is 2. The van der Waals surface area contributed by atoms with Gasteiger partial charge in [-0.3, -0.25) is 24.7 Å². The predicted molar refractivity (Wildman–Crippen MR) is 105 cm³/mol. The Balaban J connectivity index is 1.78. The summed E-state index contributed by atoms with van der Waals surface area (Å²) in [5.41, 5.74) is 2.28. The lowest BCUT2D eigenvalue weighted by Crippen LogP contribution is -2.60. The fraction of sp³-hybridized carbons (Fsp3) is 0.625. The van der Waals surface area contributed by atoms with Crippen molar-refractivity contribution in [3.63, 3.8) is 0 Å². The molecular formula is C16H22N4O7S2. The second kappa shape index (κ2) is 8.42. The zero-order chi connectivity index (χ0) is 21.5. The van der Waals surface area contributed by atoms with Crippen LogP contribution in [-0.2, 0) is 19.2 Å². The van der Waals surface area contributed by atoms with Crippen LogP contribution in [0.3, 0.4) is 0 Å². The number of hydrogen-bond acceptors (Lipinski definition) is 9. The summed E-state index contributed by atoms with van der Waals surface area (Å²) < 4.78 is 5.39. The Morgan fingerprint density at radius 1 is 1.45 bits per heavy atom. The monoisotopic (exact) mass is 446 g/mol. The minimum absolute atomic E-state index is 0.0534. The molecule has 0 aromatic carbocycles. The summed E-state index contributed by atoms with van der Waals surface area (Å²) in [5.74, 6) is -1.21. The van der Waals surface area contributed by atoms with Gasteiger partial charge in [0.25, 0.3) is 5.91 Å². The number of rotatable bonds is 6. The van der Waals surface area contributed by atoms with Gasteiger partial charge in [-0.15, -0.1) is 11.8 Å². The molecule has 2 fully saturated rings. The highest BCUT2D eigenvalue weighted by Crippen LogP contribution is 2.55. The number of carbonyl (C=O) groups excluding carboxylic acids is 2. The van der Waals surface area contributed by atoms with Gasteiger partial charge in [-0.05, 0) is 20.3 Å². The molecule has 3 heterocycles. The number of aliphatic hydroxyl groups is 1. The van der Waals surface area contributed by atoms with Gasteiger partial charge in [-0.25, -0.2) is 10.3 Å². The topological polar surface area (TPSA) is 152 Å². The molecule has 5 atom stereocenters. The lowest BCUT2D eigenvalue weighted by Gasteiger charge is -2.43. The third kappa shape index (κ3) is 4.04. The number of thioether (sulfide) groups is 2. The summed E-state index contributed by atoms with van der Waals surface area (Å²) in [6.07, 6.45) is -2.00. The zero-order valence-electron chi connectivity index (χ0n) is 15.9. The van der Waals surface area contributed by atoms with Crippen molar-refractivity contribution in [2.24, 2.45) is 5.92 Å². The van der Waals surface area contributed by atoms with Gasteiger partial charge in [0, 0.05) is 11.8 Å². The number of carbonyl (C=O) groups is 3. The number of aliphatic hydroxyl groups excluding tert-OH is 1. The van der Waals surface area contributed by atoms with Gasteiger partial charge in [0.15, 0.2) is 0 Å². The fourth-order valence-corrected chi connectivity index (χ4v) is 6.84. The first-order chi connectivity index (χ1) is 13.6. The van der Waals surface area contributed by atoms with E-state index in [9.17, 15) is 19.5 Å². The van der Waals surface area contributed by atoms with E-state index in [1.54, 1.807) is 11.8 Å². The van der Waals surface area contributed by atoms with Crippen LogP contribution in [0, 0.1) is 11.3 Å². The Morgan fingerprint density at radius 2 is 2.14 bits per heavy atom. The normalized spacial score (nSPS) is 29.4. The second-order valence-electron chi connectivity index (χ2n) is 6.84. The van der Waals surface area contributed by atoms with Gasteiger partial charge in [0.05, 0.1) is 25.0 Å². The summed E-state index contributed by atoms with van der Waals surface area (Å²) in [5, 5.41) is 26.3. The first-order valence-electron chi connectivity index (χ1n) is 8.79. The third-order valence-electron chi connectivity index (χ3n) is 4.88. The molecule has 0 spiro atoms. The number of carboxylic acid groups (broad SMARTS) is 1. The first kappa shape index (κ1) is 21.7. The molecule has 2 unspecified atom stereocenters. The van der Waals surface area contributed by atoms with Gasteiger partial charge in [0.1, 0.15) is 15.7 Å². The molecule has 2 saturated heterocycles. The molecule has 0 aromatic heterocycles. The van der Waals surface area contributed by atoms with Crippen molar-refractivity contribution in [3.05, 3.63) is 10.1 Å². The van der Waals surface area contributed by atoms with Crippen LogP contribution >= 0.6 is 23.5 Å². The summed E-state index contributed by atoms with van der Waals surface area (Å²) in [4.78, 5) is 43.3. The van der Waals surface area contributed by atoms with Crippen LogP contribution in [0.4, 0.5) is 4.79 Å². The molecule has 0 aromatic rings. The highest BCUT2D eigenvalue weighted by molar-refractivity contribution is 8.23. The highest BCUT2D eigenvalue weighted by atomic mass is 32.2. The summed E-state index contributed by atoms with van der Waals surface area (Å²) in [6, 6.07) is -0.593. The number of amidine groups is 1. The molecule has 2 amide bonds. The van der Waals surface area contributed by atoms with Crippen molar-refractivity contribution in [1.82, 2.24) is 15.3 Å². The summed E-state index contributed by atoms with van der Waals surface area (Å²) in [6.45, 7) is 3.50. The van der Waals surface area contributed by atoms with Gasteiger partial charge >= 0.3 is 6.16 Å². The minimum atomic E-state index is -1.53. The van der Waals surface area contributed by atoms with Gasteiger partial charge in [-0.1, -0.05) is 11.8 Å². The Hall–Kier alpha value is -1.96. The van der Waals surface area contributed by atoms with E-state index in [4.69, 9.17) is 15.3 Å². The Bertz CT molecular complexity index is 774. The average Bonchev–Trinajstić information content (AvgIpc) is 3.15. The number of nitrogens with one attached hydrogen (secondary N) is 2. The smallest absolute Gasteiger partial charge is 0.449 e. The average molecular weight is 447 g/mol. The van der Waals surface area contributed by atoms with Gasteiger partial charge in [0.2, 0.25) is 11.8 Å². The zero-order valence-corrected chi connectivity index (χ0v) is 17.6. The molecule has 13 heteroatoms. The van der Waals surface area contributed by atoms with E-state index in [1.165, 1.54) is 42.5 Å². The van der Waals surface area contributed by atoms with Crippen molar-refractivity contribution in [3.8, 4) is 0 Å². The molecule has 0 radical (unpaired) electrons.